The molecule has 0 amide bonds. The number of halogens is 1. The number of benzene rings is 2. The van der Waals surface area contributed by atoms with Crippen molar-refractivity contribution in [3.05, 3.63) is 65.4 Å². The number of rotatable bonds is 4. The SMILES string of the molecule is COc1ccccc1CN1CC(O)=C(c2nc3ccc(F)cc3[nH]2)C1=N. The van der Waals surface area contributed by atoms with Crippen LogP contribution in [0.25, 0.3) is 16.6 Å². The van der Waals surface area contributed by atoms with Crippen LogP contribution in [0.3, 0.4) is 0 Å². The van der Waals surface area contributed by atoms with E-state index in [1.54, 1.807) is 18.1 Å². The molecule has 2 heterocycles. The molecule has 2 aromatic carbocycles. The lowest BCUT2D eigenvalue weighted by Crippen LogP contribution is -2.26. The molecular formula is C19H17FN4O2. The standard InChI is InChI=1S/C19H17FN4O2/c1-26-16-5-3-2-4-11(16)9-24-10-15(25)17(18(24)21)19-22-13-7-6-12(20)8-14(13)23-19/h2-8,21,25H,9-10H2,1H3,(H,22,23). The number of para-hydroxylation sites is 1. The van der Waals surface area contributed by atoms with Crippen LogP contribution >= 0.6 is 0 Å². The topological polar surface area (TPSA) is 85.2 Å². The molecule has 0 saturated carbocycles. The van der Waals surface area contributed by atoms with E-state index in [-0.39, 0.29) is 24.0 Å². The molecule has 3 aromatic rings. The normalized spacial score (nSPS) is 14.5. The van der Waals surface area contributed by atoms with Gasteiger partial charge in [-0.15, -0.1) is 0 Å². The molecule has 6 nitrogen and oxygen atoms in total. The quantitative estimate of drug-likeness (QED) is 0.671. The van der Waals surface area contributed by atoms with Crippen LogP contribution in [0.5, 0.6) is 5.75 Å². The summed E-state index contributed by atoms with van der Waals surface area (Å²) in [5.74, 6) is 0.936. The summed E-state index contributed by atoms with van der Waals surface area (Å²) in [7, 11) is 1.60. The molecule has 3 N–H and O–H groups in total. The molecule has 1 aromatic heterocycles. The van der Waals surface area contributed by atoms with Crippen molar-refractivity contribution >= 4 is 22.4 Å². The molecule has 1 aliphatic rings. The van der Waals surface area contributed by atoms with Crippen LogP contribution in [0.1, 0.15) is 11.4 Å². The molecule has 26 heavy (non-hydrogen) atoms. The fourth-order valence-electron chi connectivity index (χ4n) is 3.16. The van der Waals surface area contributed by atoms with Crippen molar-refractivity contribution in [3.63, 3.8) is 0 Å². The number of hydrogen-bond donors (Lipinski definition) is 3. The van der Waals surface area contributed by atoms with Crippen molar-refractivity contribution in [2.75, 3.05) is 13.7 Å². The second-order valence-corrected chi connectivity index (χ2v) is 6.09. The number of nitrogens with zero attached hydrogens (tertiary/aromatic N) is 2. The average molecular weight is 352 g/mol. The number of imidazole rings is 1. The summed E-state index contributed by atoms with van der Waals surface area (Å²) in [6.45, 7) is 0.628. The maximum absolute atomic E-state index is 13.4. The number of fused-ring (bicyclic) bond motifs is 1. The van der Waals surface area contributed by atoms with Crippen molar-refractivity contribution in [3.8, 4) is 5.75 Å². The Morgan fingerprint density at radius 3 is 2.92 bits per heavy atom. The van der Waals surface area contributed by atoms with Gasteiger partial charge in [0.1, 0.15) is 29.0 Å². The summed E-state index contributed by atoms with van der Waals surface area (Å²) in [5.41, 5.74) is 2.35. The van der Waals surface area contributed by atoms with E-state index in [1.807, 2.05) is 24.3 Å². The number of amidine groups is 1. The third kappa shape index (κ3) is 2.67. The second-order valence-electron chi connectivity index (χ2n) is 6.09. The Bertz CT molecular complexity index is 1040. The van der Waals surface area contributed by atoms with E-state index in [9.17, 15) is 9.50 Å². The minimum Gasteiger partial charge on any atom is -0.510 e. The smallest absolute Gasteiger partial charge is 0.145 e. The average Bonchev–Trinajstić information content (AvgIpc) is 3.15. The lowest BCUT2D eigenvalue weighted by atomic mass is 10.2. The molecule has 4 rings (SSSR count). The number of aromatic nitrogens is 2. The van der Waals surface area contributed by atoms with E-state index in [2.05, 4.69) is 9.97 Å². The van der Waals surface area contributed by atoms with E-state index in [1.165, 1.54) is 12.1 Å². The molecule has 0 spiro atoms. The summed E-state index contributed by atoms with van der Waals surface area (Å²) < 4.78 is 18.7. The third-order valence-electron chi connectivity index (χ3n) is 4.42. The Balaban J connectivity index is 1.63. The number of H-pyrrole nitrogens is 1. The molecule has 0 fully saturated rings. The highest BCUT2D eigenvalue weighted by Crippen LogP contribution is 2.29. The van der Waals surface area contributed by atoms with Crippen LogP contribution in [-0.4, -0.2) is 39.5 Å². The first kappa shape index (κ1) is 16.1. The molecule has 0 aliphatic carbocycles. The molecular weight excluding hydrogens is 335 g/mol. The predicted octanol–water partition coefficient (Wildman–Crippen LogP) is 3.47. The summed E-state index contributed by atoms with van der Waals surface area (Å²) in [6, 6.07) is 11.8. The molecule has 7 heteroatoms. The minimum atomic E-state index is -0.370. The highest BCUT2D eigenvalue weighted by atomic mass is 19.1. The predicted molar refractivity (Wildman–Crippen MR) is 96.7 cm³/mol. The number of aliphatic hydroxyl groups is 1. The Kier molecular flexibility index (Phi) is 3.84. The maximum Gasteiger partial charge on any atom is 0.145 e. The van der Waals surface area contributed by atoms with E-state index in [0.717, 1.165) is 11.3 Å². The van der Waals surface area contributed by atoms with E-state index in [0.29, 0.717) is 29.0 Å². The fraction of sp³-hybridized carbons (Fsp3) is 0.158. The van der Waals surface area contributed by atoms with Crippen molar-refractivity contribution in [1.82, 2.24) is 14.9 Å². The van der Waals surface area contributed by atoms with Gasteiger partial charge in [0.15, 0.2) is 0 Å². The van der Waals surface area contributed by atoms with Gasteiger partial charge in [-0.25, -0.2) is 9.37 Å². The highest BCUT2D eigenvalue weighted by molar-refractivity contribution is 6.23. The lowest BCUT2D eigenvalue weighted by molar-refractivity contribution is 0.341. The molecule has 0 unspecified atom stereocenters. The van der Waals surface area contributed by atoms with Gasteiger partial charge in [0.25, 0.3) is 0 Å². The van der Waals surface area contributed by atoms with Crippen LogP contribution < -0.4 is 4.74 Å². The van der Waals surface area contributed by atoms with Gasteiger partial charge in [-0.3, -0.25) is 5.41 Å². The van der Waals surface area contributed by atoms with Crippen LogP contribution in [-0.2, 0) is 6.54 Å². The molecule has 0 atom stereocenters. The summed E-state index contributed by atoms with van der Waals surface area (Å²) in [5, 5.41) is 18.9. The van der Waals surface area contributed by atoms with Gasteiger partial charge < -0.3 is 19.7 Å². The fourth-order valence-corrected chi connectivity index (χ4v) is 3.16. The monoisotopic (exact) mass is 352 g/mol. The number of nitrogens with one attached hydrogen (secondary N) is 2. The molecule has 0 radical (unpaired) electrons. The summed E-state index contributed by atoms with van der Waals surface area (Å²) in [4.78, 5) is 9.10. The van der Waals surface area contributed by atoms with Crippen molar-refractivity contribution in [2.24, 2.45) is 0 Å². The van der Waals surface area contributed by atoms with Gasteiger partial charge in [-0.1, -0.05) is 18.2 Å². The third-order valence-corrected chi connectivity index (χ3v) is 4.42. The van der Waals surface area contributed by atoms with Crippen molar-refractivity contribution in [1.29, 1.82) is 5.41 Å². The van der Waals surface area contributed by atoms with E-state index >= 15 is 0 Å². The van der Waals surface area contributed by atoms with Crippen molar-refractivity contribution in [2.45, 2.75) is 6.54 Å². The number of ether oxygens (including phenoxy) is 1. The van der Waals surface area contributed by atoms with Crippen LogP contribution in [0, 0.1) is 11.2 Å². The largest absolute Gasteiger partial charge is 0.510 e. The lowest BCUT2D eigenvalue weighted by Gasteiger charge is -2.20. The highest BCUT2D eigenvalue weighted by Gasteiger charge is 2.30. The Labute approximate surface area is 149 Å². The zero-order valence-corrected chi connectivity index (χ0v) is 14.1. The number of hydrogen-bond acceptors (Lipinski definition) is 4. The van der Waals surface area contributed by atoms with Gasteiger partial charge in [0.2, 0.25) is 0 Å². The van der Waals surface area contributed by atoms with Gasteiger partial charge in [0.05, 0.1) is 30.3 Å². The second kappa shape index (κ2) is 6.18. The Morgan fingerprint density at radius 2 is 2.12 bits per heavy atom. The number of aromatic amines is 1. The summed E-state index contributed by atoms with van der Waals surface area (Å²) in [6.07, 6.45) is 0. The Hall–Kier alpha value is -3.35. The van der Waals surface area contributed by atoms with Crippen molar-refractivity contribution < 1.29 is 14.2 Å². The molecule has 132 valence electrons. The van der Waals surface area contributed by atoms with Gasteiger partial charge >= 0.3 is 0 Å². The summed E-state index contributed by atoms with van der Waals surface area (Å²) >= 11 is 0. The van der Waals surface area contributed by atoms with E-state index < -0.39 is 0 Å². The molecule has 1 aliphatic heterocycles. The first-order valence-electron chi connectivity index (χ1n) is 8.10. The van der Waals surface area contributed by atoms with Crippen LogP contribution in [0.4, 0.5) is 4.39 Å². The van der Waals surface area contributed by atoms with Crippen LogP contribution in [0.15, 0.2) is 48.2 Å². The maximum atomic E-state index is 13.4. The first-order valence-corrected chi connectivity index (χ1v) is 8.10. The first-order chi connectivity index (χ1) is 12.6. The molecule has 0 bridgehead atoms. The number of aliphatic hydroxyl groups excluding tert-OH is 1. The van der Waals surface area contributed by atoms with E-state index in [4.69, 9.17) is 10.1 Å². The zero-order chi connectivity index (χ0) is 18.3. The minimum absolute atomic E-state index is 0.0597. The zero-order valence-electron chi connectivity index (χ0n) is 14.1. The Morgan fingerprint density at radius 1 is 1.31 bits per heavy atom. The van der Waals surface area contributed by atoms with Gasteiger partial charge in [-0.2, -0.15) is 0 Å². The van der Waals surface area contributed by atoms with Crippen LogP contribution in [0.2, 0.25) is 0 Å². The number of methoxy groups -OCH3 is 1. The van der Waals surface area contributed by atoms with Gasteiger partial charge in [0, 0.05) is 12.1 Å². The van der Waals surface area contributed by atoms with Gasteiger partial charge in [-0.05, 0) is 24.3 Å². The molecule has 0 saturated heterocycles.